The molecule has 0 aromatic heterocycles. The summed E-state index contributed by atoms with van der Waals surface area (Å²) in [7, 11) is 0. The quantitative estimate of drug-likeness (QED) is 0.538. The number of aliphatic hydroxyl groups is 1. The van der Waals surface area contributed by atoms with E-state index in [1.807, 2.05) is 6.20 Å². The Hall–Kier alpha value is -0.500. The standard InChI is InChI=1S/C6H11NO/c8-4-2-6-1-3-7-5-6/h5,7-8H,1-4H2. The maximum atomic E-state index is 8.46. The van der Waals surface area contributed by atoms with Crippen LogP contribution in [-0.2, 0) is 0 Å². The predicted molar refractivity (Wildman–Crippen MR) is 32.4 cm³/mol. The average Bonchev–Trinajstić information content (AvgIpc) is 2.19. The zero-order chi connectivity index (χ0) is 5.82. The summed E-state index contributed by atoms with van der Waals surface area (Å²) in [4.78, 5) is 0. The van der Waals surface area contributed by atoms with Crippen LogP contribution in [0.4, 0.5) is 0 Å². The van der Waals surface area contributed by atoms with Crippen molar-refractivity contribution in [3.05, 3.63) is 11.8 Å². The maximum absolute atomic E-state index is 8.46. The van der Waals surface area contributed by atoms with Gasteiger partial charge in [0.05, 0.1) is 0 Å². The van der Waals surface area contributed by atoms with Gasteiger partial charge in [0.2, 0.25) is 0 Å². The van der Waals surface area contributed by atoms with Crippen molar-refractivity contribution in [2.24, 2.45) is 0 Å². The van der Waals surface area contributed by atoms with E-state index in [1.165, 1.54) is 5.57 Å². The summed E-state index contributed by atoms with van der Waals surface area (Å²) in [6.07, 6.45) is 3.95. The van der Waals surface area contributed by atoms with Crippen molar-refractivity contribution in [3.8, 4) is 0 Å². The van der Waals surface area contributed by atoms with Gasteiger partial charge in [0, 0.05) is 13.2 Å². The van der Waals surface area contributed by atoms with E-state index in [0.717, 1.165) is 19.4 Å². The molecule has 0 atom stereocenters. The SMILES string of the molecule is OCCC1=CNCC1. The molecule has 2 heteroatoms. The lowest BCUT2D eigenvalue weighted by molar-refractivity contribution is 0.298. The van der Waals surface area contributed by atoms with E-state index in [-0.39, 0.29) is 6.61 Å². The van der Waals surface area contributed by atoms with Crippen molar-refractivity contribution in [3.63, 3.8) is 0 Å². The fourth-order valence-corrected chi connectivity index (χ4v) is 0.862. The van der Waals surface area contributed by atoms with Gasteiger partial charge in [-0.25, -0.2) is 0 Å². The second kappa shape index (κ2) is 2.72. The molecule has 46 valence electrons. The van der Waals surface area contributed by atoms with Crippen LogP contribution in [0.5, 0.6) is 0 Å². The number of rotatable bonds is 2. The zero-order valence-corrected chi connectivity index (χ0v) is 4.85. The van der Waals surface area contributed by atoms with Crippen molar-refractivity contribution in [1.29, 1.82) is 0 Å². The molecule has 0 aliphatic carbocycles. The van der Waals surface area contributed by atoms with Crippen LogP contribution in [-0.4, -0.2) is 18.3 Å². The Labute approximate surface area is 49.2 Å². The minimum atomic E-state index is 0.285. The van der Waals surface area contributed by atoms with E-state index < -0.39 is 0 Å². The molecule has 0 amide bonds. The highest BCUT2D eigenvalue weighted by molar-refractivity contribution is 5.06. The van der Waals surface area contributed by atoms with Crippen molar-refractivity contribution in [2.45, 2.75) is 12.8 Å². The number of aliphatic hydroxyl groups excluding tert-OH is 1. The van der Waals surface area contributed by atoms with Crippen LogP contribution in [0.15, 0.2) is 11.8 Å². The fourth-order valence-electron chi connectivity index (χ4n) is 0.862. The van der Waals surface area contributed by atoms with Crippen LogP contribution in [0.3, 0.4) is 0 Å². The molecule has 0 aromatic rings. The molecule has 0 spiro atoms. The third kappa shape index (κ3) is 1.23. The van der Waals surface area contributed by atoms with Crippen molar-refractivity contribution in [2.75, 3.05) is 13.2 Å². The van der Waals surface area contributed by atoms with E-state index in [9.17, 15) is 0 Å². The Bertz CT molecular complexity index is 98.7. The van der Waals surface area contributed by atoms with Gasteiger partial charge in [0.15, 0.2) is 0 Å². The normalized spacial score (nSPS) is 17.9. The summed E-state index contributed by atoms with van der Waals surface area (Å²) < 4.78 is 0. The largest absolute Gasteiger partial charge is 0.396 e. The van der Waals surface area contributed by atoms with Crippen molar-refractivity contribution in [1.82, 2.24) is 5.32 Å². The van der Waals surface area contributed by atoms with E-state index in [2.05, 4.69) is 5.32 Å². The minimum Gasteiger partial charge on any atom is -0.396 e. The van der Waals surface area contributed by atoms with Gasteiger partial charge in [-0.3, -0.25) is 0 Å². The van der Waals surface area contributed by atoms with E-state index in [0.29, 0.717) is 0 Å². The molecule has 1 aliphatic rings. The van der Waals surface area contributed by atoms with Gasteiger partial charge in [0.25, 0.3) is 0 Å². The molecule has 1 rings (SSSR count). The van der Waals surface area contributed by atoms with Crippen LogP contribution < -0.4 is 5.32 Å². The summed E-state index contributed by atoms with van der Waals surface area (Å²) in [5.41, 5.74) is 1.34. The second-order valence-corrected chi connectivity index (χ2v) is 1.98. The Kier molecular flexibility index (Phi) is 1.92. The highest BCUT2D eigenvalue weighted by Gasteiger charge is 2.00. The Morgan fingerprint density at radius 2 is 2.62 bits per heavy atom. The molecule has 1 aliphatic heterocycles. The fraction of sp³-hybridized carbons (Fsp3) is 0.667. The zero-order valence-electron chi connectivity index (χ0n) is 4.85. The third-order valence-electron chi connectivity index (χ3n) is 1.33. The van der Waals surface area contributed by atoms with Gasteiger partial charge in [-0.15, -0.1) is 0 Å². The molecule has 0 unspecified atom stereocenters. The van der Waals surface area contributed by atoms with Crippen molar-refractivity contribution < 1.29 is 5.11 Å². The Morgan fingerprint density at radius 1 is 1.75 bits per heavy atom. The predicted octanol–water partition coefficient (Wildman–Crippen LogP) is 0.246. The Balaban J connectivity index is 2.23. The first-order chi connectivity index (χ1) is 3.93. The first-order valence-corrected chi connectivity index (χ1v) is 2.95. The molecule has 0 saturated carbocycles. The molecule has 8 heavy (non-hydrogen) atoms. The van der Waals surface area contributed by atoms with Gasteiger partial charge in [-0.2, -0.15) is 0 Å². The summed E-state index contributed by atoms with van der Waals surface area (Å²) in [6.45, 7) is 1.34. The maximum Gasteiger partial charge on any atom is 0.0468 e. The van der Waals surface area contributed by atoms with Gasteiger partial charge >= 0.3 is 0 Å². The summed E-state index contributed by atoms with van der Waals surface area (Å²) in [5.74, 6) is 0. The minimum absolute atomic E-state index is 0.285. The third-order valence-corrected chi connectivity index (χ3v) is 1.33. The lowest BCUT2D eigenvalue weighted by Gasteiger charge is -1.91. The molecule has 1 heterocycles. The van der Waals surface area contributed by atoms with Gasteiger partial charge < -0.3 is 10.4 Å². The molecule has 0 aromatic carbocycles. The van der Waals surface area contributed by atoms with E-state index >= 15 is 0 Å². The molecule has 2 nitrogen and oxygen atoms in total. The monoisotopic (exact) mass is 113 g/mol. The van der Waals surface area contributed by atoms with Crippen LogP contribution in [0.1, 0.15) is 12.8 Å². The summed E-state index contributed by atoms with van der Waals surface area (Å²) in [5, 5.41) is 11.5. The van der Waals surface area contributed by atoms with Gasteiger partial charge in [-0.05, 0) is 19.0 Å². The lowest BCUT2D eigenvalue weighted by atomic mass is 10.2. The first kappa shape index (κ1) is 5.63. The summed E-state index contributed by atoms with van der Waals surface area (Å²) >= 11 is 0. The number of hydrogen-bond acceptors (Lipinski definition) is 2. The molecule has 0 radical (unpaired) electrons. The van der Waals surface area contributed by atoms with Crippen LogP contribution in [0, 0.1) is 0 Å². The van der Waals surface area contributed by atoms with Gasteiger partial charge in [0.1, 0.15) is 0 Å². The highest BCUT2D eigenvalue weighted by atomic mass is 16.2. The second-order valence-electron chi connectivity index (χ2n) is 1.98. The van der Waals surface area contributed by atoms with Crippen molar-refractivity contribution >= 4 is 0 Å². The lowest BCUT2D eigenvalue weighted by Crippen LogP contribution is -1.96. The molecule has 0 fully saturated rings. The molecular formula is C6H11NO. The highest BCUT2D eigenvalue weighted by Crippen LogP contribution is 2.07. The summed E-state index contributed by atoms with van der Waals surface area (Å²) in [6, 6.07) is 0. The molecular weight excluding hydrogens is 102 g/mol. The van der Waals surface area contributed by atoms with E-state index in [4.69, 9.17) is 5.11 Å². The van der Waals surface area contributed by atoms with E-state index in [1.54, 1.807) is 0 Å². The first-order valence-electron chi connectivity index (χ1n) is 2.95. The van der Waals surface area contributed by atoms with Crippen LogP contribution in [0.2, 0.25) is 0 Å². The number of hydrogen-bond donors (Lipinski definition) is 2. The molecule has 2 N–H and O–H groups in total. The topological polar surface area (TPSA) is 32.3 Å². The average molecular weight is 113 g/mol. The van der Waals surface area contributed by atoms with Gasteiger partial charge in [-0.1, -0.05) is 5.57 Å². The molecule has 0 bridgehead atoms. The smallest absolute Gasteiger partial charge is 0.0468 e. The molecule has 0 saturated heterocycles. The van der Waals surface area contributed by atoms with Crippen LogP contribution in [0.25, 0.3) is 0 Å². The Morgan fingerprint density at radius 3 is 3.12 bits per heavy atom. The number of nitrogens with one attached hydrogen (secondary N) is 1. The van der Waals surface area contributed by atoms with Crippen LogP contribution >= 0.6 is 0 Å².